The summed E-state index contributed by atoms with van der Waals surface area (Å²) in [5.41, 5.74) is 22.2. The van der Waals surface area contributed by atoms with Gasteiger partial charge in [-0.2, -0.15) is 0 Å². The second-order valence-electron chi connectivity index (χ2n) is 18.3. The van der Waals surface area contributed by atoms with Gasteiger partial charge >= 0.3 is 0 Å². The van der Waals surface area contributed by atoms with Gasteiger partial charge in [0.2, 0.25) is 0 Å². The van der Waals surface area contributed by atoms with Gasteiger partial charge in [0.15, 0.2) is 0 Å². The summed E-state index contributed by atoms with van der Waals surface area (Å²) in [6.07, 6.45) is 0. The molecule has 0 saturated carbocycles. The number of benzene rings is 11. The highest BCUT2D eigenvalue weighted by atomic mass is 15.1. The van der Waals surface area contributed by atoms with Crippen molar-refractivity contribution in [1.82, 2.24) is 0 Å². The normalized spacial score (nSPS) is 13.4. The van der Waals surface area contributed by atoms with E-state index in [2.05, 4.69) is 290 Å². The summed E-state index contributed by atoms with van der Waals surface area (Å²) < 4.78 is 0. The lowest BCUT2D eigenvalue weighted by molar-refractivity contribution is 0.768. The lowest BCUT2D eigenvalue weighted by atomic mass is 9.67. The summed E-state index contributed by atoms with van der Waals surface area (Å²) in [4.78, 5) is 2.50. The van der Waals surface area contributed by atoms with Crippen molar-refractivity contribution in [2.75, 3.05) is 4.90 Å². The average molecular weight is 878 g/mol. The zero-order valence-corrected chi connectivity index (χ0v) is 38.1. The molecule has 1 heteroatoms. The predicted octanol–water partition coefficient (Wildman–Crippen LogP) is 17.2. The van der Waals surface area contributed by atoms with Crippen LogP contribution < -0.4 is 4.90 Å². The Morgan fingerprint density at radius 2 is 0.609 bits per heavy atom. The highest BCUT2D eigenvalue weighted by Gasteiger charge is 2.48. The van der Waals surface area contributed by atoms with Crippen molar-refractivity contribution in [2.24, 2.45) is 0 Å². The molecule has 0 atom stereocenters. The number of hydrogen-bond donors (Lipinski definition) is 0. The molecule has 0 radical (unpaired) electrons. The minimum atomic E-state index is -0.537. The van der Waals surface area contributed by atoms with Crippen LogP contribution in [-0.2, 0) is 10.8 Å². The van der Waals surface area contributed by atoms with Crippen LogP contribution >= 0.6 is 0 Å². The molecular weight excluding hydrogens is 831 g/mol. The van der Waals surface area contributed by atoms with E-state index in [1.165, 1.54) is 83.5 Å². The fraction of sp³-hybridized carbons (Fsp3) is 0.0294. The Kier molecular flexibility index (Phi) is 9.70. The van der Waals surface area contributed by atoms with E-state index in [4.69, 9.17) is 0 Å². The molecule has 69 heavy (non-hydrogen) atoms. The molecule has 0 saturated heterocycles. The van der Waals surface area contributed by atoms with E-state index in [9.17, 15) is 0 Å². The number of fused-ring (bicyclic) bond motifs is 6. The van der Waals surface area contributed by atoms with Crippen LogP contribution in [0.3, 0.4) is 0 Å². The van der Waals surface area contributed by atoms with Crippen molar-refractivity contribution < 1.29 is 0 Å². The van der Waals surface area contributed by atoms with Crippen LogP contribution in [0.25, 0.3) is 44.5 Å². The first-order valence-corrected chi connectivity index (χ1v) is 24.0. The molecule has 0 fully saturated rings. The molecule has 0 amide bonds. The quantitative estimate of drug-likeness (QED) is 0.140. The van der Waals surface area contributed by atoms with E-state index >= 15 is 0 Å². The van der Waals surface area contributed by atoms with Gasteiger partial charge in [-0.15, -0.1) is 0 Å². The van der Waals surface area contributed by atoms with Crippen molar-refractivity contribution in [3.05, 3.63) is 330 Å². The Bertz CT molecular complexity index is 3570. The molecule has 1 nitrogen and oxygen atoms in total. The summed E-state index contributed by atoms with van der Waals surface area (Å²) in [5, 5.41) is 0. The van der Waals surface area contributed by atoms with Gasteiger partial charge in [-0.3, -0.25) is 0 Å². The standard InChI is InChI=1S/C68H47N/c1-5-22-48(23-6-1)49-24-19-25-50(46-49)51-26-20-33-57(47-51)69(56-44-42-55(43-45-56)67(52-27-7-2-8-28-52)61-37-16-13-34-58(61)59-35-14-17-38-62(59)67)65-41-21-40-64-66(65)60-36-15-18-39-63(60)68(64,53-29-9-3-10-30-53)54-31-11-4-12-32-54/h1-47H. The van der Waals surface area contributed by atoms with Gasteiger partial charge in [-0.1, -0.05) is 249 Å². The minimum Gasteiger partial charge on any atom is -0.310 e. The second kappa shape index (κ2) is 16.5. The largest absolute Gasteiger partial charge is 0.310 e. The Morgan fingerprint density at radius 3 is 1.17 bits per heavy atom. The second-order valence-corrected chi connectivity index (χ2v) is 18.3. The fourth-order valence-electron chi connectivity index (χ4n) is 12.0. The van der Waals surface area contributed by atoms with E-state index in [0.29, 0.717) is 0 Å². The first kappa shape index (κ1) is 40.5. The predicted molar refractivity (Wildman–Crippen MR) is 287 cm³/mol. The number of rotatable bonds is 9. The van der Waals surface area contributed by atoms with E-state index in [-0.39, 0.29) is 0 Å². The minimum absolute atomic E-state index is 0.501. The monoisotopic (exact) mass is 877 g/mol. The van der Waals surface area contributed by atoms with Crippen molar-refractivity contribution in [2.45, 2.75) is 10.8 Å². The number of anilines is 3. The summed E-state index contributed by atoms with van der Waals surface area (Å²) in [7, 11) is 0. The van der Waals surface area contributed by atoms with E-state index in [0.717, 1.165) is 22.6 Å². The van der Waals surface area contributed by atoms with Crippen molar-refractivity contribution in [3.63, 3.8) is 0 Å². The molecule has 0 heterocycles. The first-order valence-electron chi connectivity index (χ1n) is 24.0. The molecule has 11 aromatic rings. The molecule has 0 aromatic heterocycles. The topological polar surface area (TPSA) is 3.24 Å². The van der Waals surface area contributed by atoms with Gasteiger partial charge in [0.25, 0.3) is 0 Å². The van der Waals surface area contributed by atoms with Gasteiger partial charge in [-0.05, 0) is 120 Å². The van der Waals surface area contributed by atoms with Crippen LogP contribution in [0.4, 0.5) is 17.1 Å². The highest BCUT2D eigenvalue weighted by molar-refractivity contribution is 5.98. The Balaban J connectivity index is 1.05. The van der Waals surface area contributed by atoms with Gasteiger partial charge in [0, 0.05) is 16.9 Å². The summed E-state index contributed by atoms with van der Waals surface area (Å²) in [6, 6.07) is 105. The van der Waals surface area contributed by atoms with E-state index in [1.807, 2.05) is 0 Å². The maximum absolute atomic E-state index is 2.50. The Hall–Kier alpha value is -8.78. The molecule has 0 unspecified atom stereocenters. The fourth-order valence-corrected chi connectivity index (χ4v) is 12.0. The molecule has 0 bridgehead atoms. The van der Waals surface area contributed by atoms with Crippen LogP contribution in [0.1, 0.15) is 44.5 Å². The smallest absolute Gasteiger partial charge is 0.0714 e. The molecule has 0 spiro atoms. The van der Waals surface area contributed by atoms with Gasteiger partial charge < -0.3 is 4.90 Å². The van der Waals surface area contributed by atoms with Crippen LogP contribution in [-0.4, -0.2) is 0 Å². The van der Waals surface area contributed by atoms with E-state index in [1.54, 1.807) is 0 Å². The molecule has 11 aromatic carbocycles. The van der Waals surface area contributed by atoms with E-state index < -0.39 is 10.8 Å². The number of hydrogen-bond acceptors (Lipinski definition) is 1. The van der Waals surface area contributed by atoms with Gasteiger partial charge in [0.1, 0.15) is 0 Å². The van der Waals surface area contributed by atoms with Crippen LogP contribution in [0.15, 0.2) is 285 Å². The Labute approximate surface area is 404 Å². The maximum Gasteiger partial charge on any atom is 0.0714 e. The summed E-state index contributed by atoms with van der Waals surface area (Å²) in [6.45, 7) is 0. The molecule has 324 valence electrons. The van der Waals surface area contributed by atoms with Crippen molar-refractivity contribution in [1.29, 1.82) is 0 Å². The SMILES string of the molecule is c1ccc(-c2cccc(-c3cccc(N(c4ccc(C5(c6ccccc6)c6ccccc6-c6ccccc65)cc4)c4cccc5c4-c4ccccc4C5(c4ccccc4)c4ccccc4)c3)c2)cc1. The summed E-state index contributed by atoms with van der Waals surface area (Å²) in [5.74, 6) is 0. The lowest BCUT2D eigenvalue weighted by Crippen LogP contribution is -2.28. The van der Waals surface area contributed by atoms with Gasteiger partial charge in [0.05, 0.1) is 16.5 Å². The van der Waals surface area contributed by atoms with Crippen molar-refractivity contribution >= 4 is 17.1 Å². The molecular formula is C68H47N. The molecule has 0 aliphatic heterocycles. The van der Waals surface area contributed by atoms with Gasteiger partial charge in [-0.25, -0.2) is 0 Å². The molecule has 0 N–H and O–H groups in total. The average Bonchev–Trinajstić information content (AvgIpc) is 3.92. The third-order valence-corrected chi connectivity index (χ3v) is 14.8. The summed E-state index contributed by atoms with van der Waals surface area (Å²) >= 11 is 0. The maximum atomic E-state index is 2.50. The molecule has 2 aliphatic carbocycles. The zero-order chi connectivity index (χ0) is 45.8. The zero-order valence-electron chi connectivity index (χ0n) is 38.1. The third-order valence-electron chi connectivity index (χ3n) is 14.8. The van der Waals surface area contributed by atoms with Crippen molar-refractivity contribution in [3.8, 4) is 44.5 Å². The van der Waals surface area contributed by atoms with Crippen LogP contribution in [0, 0.1) is 0 Å². The number of nitrogens with zero attached hydrogens (tertiary/aromatic N) is 1. The molecule has 13 rings (SSSR count). The first-order chi connectivity index (χ1) is 34.2. The van der Waals surface area contributed by atoms with Crippen LogP contribution in [0.2, 0.25) is 0 Å². The lowest BCUT2D eigenvalue weighted by Gasteiger charge is -2.35. The highest BCUT2D eigenvalue weighted by Crippen LogP contribution is 2.60. The van der Waals surface area contributed by atoms with Crippen LogP contribution in [0.5, 0.6) is 0 Å². The molecule has 2 aliphatic rings. The Morgan fingerprint density at radius 1 is 0.232 bits per heavy atom. The third kappa shape index (κ3) is 6.24.